The molecule has 0 spiro atoms. The van der Waals surface area contributed by atoms with E-state index in [1.54, 1.807) is 23.1 Å². The lowest BCUT2D eigenvalue weighted by Crippen LogP contribution is -2.41. The van der Waals surface area contributed by atoms with Gasteiger partial charge in [0.25, 0.3) is 0 Å². The number of hydrogen-bond acceptors (Lipinski definition) is 6. The van der Waals surface area contributed by atoms with E-state index in [0.29, 0.717) is 58.4 Å². The molecule has 1 saturated heterocycles. The van der Waals surface area contributed by atoms with Gasteiger partial charge in [0.1, 0.15) is 22.7 Å². The summed E-state index contributed by atoms with van der Waals surface area (Å²) in [5, 5.41) is 0. The van der Waals surface area contributed by atoms with Crippen LogP contribution in [0, 0.1) is 12.8 Å². The molecule has 1 aromatic carbocycles. The summed E-state index contributed by atoms with van der Waals surface area (Å²) in [6, 6.07) is 9.00. The van der Waals surface area contributed by atoms with Crippen molar-refractivity contribution in [2.24, 2.45) is 5.92 Å². The number of nitrogens with zero attached hydrogens (tertiary/aromatic N) is 4. The monoisotopic (exact) mass is 457 g/mol. The number of rotatable bonds is 4. The number of benzene rings is 1. The standard InChI is InChI=1S/C23H22F3N5O2/c1-13-5-6-18(33-13)21-29-19(20-22(30-21)28-12-27-20)14-8-16(10-17(9-14)32-2)31-7-3-4-15(11-31)23(24,25)26/h5-6,8-10,12,15H,3-4,7,11H2,1-2H3,(H,27,28,29,30). The number of methoxy groups -OCH3 is 1. The number of piperidine rings is 1. The molecule has 3 aromatic heterocycles. The molecule has 172 valence electrons. The third kappa shape index (κ3) is 4.12. The highest BCUT2D eigenvalue weighted by atomic mass is 19.4. The van der Waals surface area contributed by atoms with Crippen molar-refractivity contribution < 1.29 is 22.3 Å². The van der Waals surface area contributed by atoms with Crippen LogP contribution in [0.4, 0.5) is 18.9 Å². The largest absolute Gasteiger partial charge is 0.497 e. The highest BCUT2D eigenvalue weighted by Crippen LogP contribution is 2.38. The highest BCUT2D eigenvalue weighted by molar-refractivity contribution is 5.89. The topological polar surface area (TPSA) is 80.1 Å². The summed E-state index contributed by atoms with van der Waals surface area (Å²) in [6.07, 6.45) is -2.08. The van der Waals surface area contributed by atoms with Crippen LogP contribution in [0.5, 0.6) is 5.75 Å². The Bertz CT molecular complexity index is 1300. The zero-order valence-electron chi connectivity index (χ0n) is 18.1. The van der Waals surface area contributed by atoms with E-state index in [4.69, 9.17) is 14.1 Å². The van der Waals surface area contributed by atoms with Gasteiger partial charge in [-0.3, -0.25) is 0 Å². The lowest BCUT2D eigenvalue weighted by molar-refractivity contribution is -0.175. The molecule has 1 fully saturated rings. The average molecular weight is 457 g/mol. The van der Waals surface area contributed by atoms with Gasteiger partial charge in [-0.1, -0.05) is 0 Å². The Morgan fingerprint density at radius 2 is 2.03 bits per heavy atom. The maximum atomic E-state index is 13.4. The Kier molecular flexibility index (Phi) is 5.22. The van der Waals surface area contributed by atoms with Gasteiger partial charge in [-0.2, -0.15) is 13.2 Å². The second-order valence-corrected chi connectivity index (χ2v) is 8.15. The number of aryl methyl sites for hydroxylation is 1. The van der Waals surface area contributed by atoms with Gasteiger partial charge in [-0.05, 0) is 44.0 Å². The average Bonchev–Trinajstić information content (AvgIpc) is 3.46. The van der Waals surface area contributed by atoms with Crippen LogP contribution < -0.4 is 9.64 Å². The van der Waals surface area contributed by atoms with E-state index in [1.165, 1.54) is 13.4 Å². The molecule has 1 aliphatic heterocycles. The van der Waals surface area contributed by atoms with Crippen LogP contribution in [-0.2, 0) is 0 Å². The number of hydrogen-bond donors (Lipinski definition) is 1. The van der Waals surface area contributed by atoms with Gasteiger partial charge in [0.2, 0.25) is 0 Å². The summed E-state index contributed by atoms with van der Waals surface area (Å²) < 4.78 is 51.3. The highest BCUT2D eigenvalue weighted by Gasteiger charge is 2.42. The summed E-state index contributed by atoms with van der Waals surface area (Å²) in [5.74, 6) is 0.777. The molecule has 0 amide bonds. The fraction of sp³-hybridized carbons (Fsp3) is 0.348. The number of ether oxygens (including phenoxy) is 1. The van der Waals surface area contributed by atoms with E-state index >= 15 is 0 Å². The van der Waals surface area contributed by atoms with Gasteiger partial charge in [-0.25, -0.2) is 15.0 Å². The van der Waals surface area contributed by atoms with E-state index in [0.717, 1.165) is 5.76 Å². The molecule has 1 unspecified atom stereocenters. The maximum Gasteiger partial charge on any atom is 0.393 e. The second kappa shape index (κ2) is 8.09. The molecule has 4 heterocycles. The van der Waals surface area contributed by atoms with Crippen LogP contribution in [0.1, 0.15) is 18.6 Å². The molecular formula is C23H22F3N5O2. The number of alkyl halides is 3. The number of imidazole rings is 1. The van der Waals surface area contributed by atoms with Gasteiger partial charge >= 0.3 is 6.18 Å². The van der Waals surface area contributed by atoms with Crippen molar-refractivity contribution in [3.05, 3.63) is 42.4 Å². The number of aromatic amines is 1. The Balaban J connectivity index is 1.61. The summed E-state index contributed by atoms with van der Waals surface area (Å²) in [4.78, 5) is 18.3. The summed E-state index contributed by atoms with van der Waals surface area (Å²) in [6.45, 7) is 2.29. The maximum absolute atomic E-state index is 13.4. The van der Waals surface area contributed by atoms with Crippen LogP contribution in [-0.4, -0.2) is 46.3 Å². The zero-order valence-corrected chi connectivity index (χ0v) is 18.1. The van der Waals surface area contributed by atoms with Crippen LogP contribution in [0.3, 0.4) is 0 Å². The number of nitrogens with one attached hydrogen (secondary N) is 1. The number of halogens is 3. The molecule has 0 aliphatic carbocycles. The second-order valence-electron chi connectivity index (χ2n) is 8.15. The molecule has 10 heteroatoms. The Labute approximate surface area is 187 Å². The third-order valence-electron chi connectivity index (χ3n) is 5.90. The number of aromatic nitrogens is 4. The predicted octanol–water partition coefficient (Wildman–Crippen LogP) is 5.38. The van der Waals surface area contributed by atoms with E-state index in [9.17, 15) is 13.2 Å². The molecular weight excluding hydrogens is 435 g/mol. The van der Waals surface area contributed by atoms with Crippen molar-refractivity contribution in [2.45, 2.75) is 25.9 Å². The van der Waals surface area contributed by atoms with Crippen LogP contribution >= 0.6 is 0 Å². The molecule has 0 bridgehead atoms. The quantitative estimate of drug-likeness (QED) is 0.444. The van der Waals surface area contributed by atoms with E-state index < -0.39 is 12.1 Å². The van der Waals surface area contributed by atoms with E-state index in [-0.39, 0.29) is 13.0 Å². The lowest BCUT2D eigenvalue weighted by Gasteiger charge is -2.35. The molecule has 0 radical (unpaired) electrons. The van der Waals surface area contributed by atoms with Crippen molar-refractivity contribution in [2.75, 3.05) is 25.1 Å². The molecule has 7 nitrogen and oxygen atoms in total. The van der Waals surface area contributed by atoms with Gasteiger partial charge in [-0.15, -0.1) is 0 Å². The van der Waals surface area contributed by atoms with Gasteiger partial charge in [0, 0.05) is 30.4 Å². The lowest BCUT2D eigenvalue weighted by atomic mass is 9.96. The fourth-order valence-electron chi connectivity index (χ4n) is 4.21. The van der Waals surface area contributed by atoms with Crippen LogP contribution in [0.2, 0.25) is 0 Å². The minimum atomic E-state index is -4.22. The molecule has 1 atom stereocenters. The summed E-state index contributed by atoms with van der Waals surface area (Å²) in [7, 11) is 1.53. The molecule has 4 aromatic rings. The SMILES string of the molecule is COc1cc(-c2nc(-c3ccc(C)o3)nc3nc[nH]c23)cc(N2CCCC(C(F)(F)F)C2)c1. The number of H-pyrrole nitrogens is 1. The van der Waals surface area contributed by atoms with E-state index in [1.807, 2.05) is 19.1 Å². The first-order valence-corrected chi connectivity index (χ1v) is 10.6. The van der Waals surface area contributed by atoms with Crippen molar-refractivity contribution in [3.8, 4) is 28.6 Å². The van der Waals surface area contributed by atoms with E-state index in [2.05, 4.69) is 15.0 Å². The first-order valence-electron chi connectivity index (χ1n) is 10.6. The van der Waals surface area contributed by atoms with Gasteiger partial charge in [0.15, 0.2) is 17.2 Å². The fourth-order valence-corrected chi connectivity index (χ4v) is 4.21. The van der Waals surface area contributed by atoms with Crippen molar-refractivity contribution in [1.29, 1.82) is 0 Å². The normalized spacial score (nSPS) is 17.0. The smallest absolute Gasteiger partial charge is 0.393 e. The predicted molar refractivity (Wildman–Crippen MR) is 117 cm³/mol. The Morgan fingerprint density at radius 1 is 1.18 bits per heavy atom. The van der Waals surface area contributed by atoms with Gasteiger partial charge < -0.3 is 19.0 Å². The third-order valence-corrected chi connectivity index (χ3v) is 5.90. The Hall–Kier alpha value is -3.56. The number of furan rings is 1. The molecule has 5 rings (SSSR count). The minimum Gasteiger partial charge on any atom is -0.497 e. The number of anilines is 1. The molecule has 33 heavy (non-hydrogen) atoms. The van der Waals surface area contributed by atoms with Crippen molar-refractivity contribution >= 4 is 16.9 Å². The number of fused-ring (bicyclic) bond motifs is 1. The van der Waals surface area contributed by atoms with Crippen LogP contribution in [0.25, 0.3) is 34.0 Å². The van der Waals surface area contributed by atoms with Crippen molar-refractivity contribution in [1.82, 2.24) is 19.9 Å². The molecule has 1 N–H and O–H groups in total. The first kappa shape index (κ1) is 21.3. The molecule has 1 aliphatic rings. The van der Waals surface area contributed by atoms with Gasteiger partial charge in [0.05, 0.1) is 19.4 Å². The molecule has 0 saturated carbocycles. The zero-order chi connectivity index (χ0) is 23.2. The Morgan fingerprint density at radius 3 is 2.76 bits per heavy atom. The van der Waals surface area contributed by atoms with Crippen molar-refractivity contribution in [3.63, 3.8) is 0 Å². The first-order chi connectivity index (χ1) is 15.8. The summed E-state index contributed by atoms with van der Waals surface area (Å²) in [5.41, 5.74) is 2.97. The minimum absolute atomic E-state index is 0.0870. The van der Waals surface area contributed by atoms with Crippen LogP contribution in [0.15, 0.2) is 41.1 Å². The summed E-state index contributed by atoms with van der Waals surface area (Å²) >= 11 is 0.